The number of hydrogen-bond donors (Lipinski definition) is 4. The average molecular weight is 372 g/mol. The summed E-state index contributed by atoms with van der Waals surface area (Å²) in [5.74, 6) is 1.01. The Morgan fingerprint density at radius 2 is 1.85 bits per heavy atom. The van der Waals surface area contributed by atoms with Crippen LogP contribution in [-0.4, -0.2) is 43.2 Å². The highest BCUT2D eigenvalue weighted by molar-refractivity contribution is 5.94. The van der Waals surface area contributed by atoms with Gasteiger partial charge < -0.3 is 25.5 Å². The number of nitrogens with one attached hydrogen (secondary N) is 3. The molecule has 1 heterocycles. The van der Waals surface area contributed by atoms with Crippen LogP contribution >= 0.6 is 0 Å². The standard InChI is InChI=1S/C20H28N4O3/c1-3-21-19(24-15-20(2,26)17-11-7-14-27-17)23-13-8-12-22-18(25)16-9-5-4-6-10-16/h4-7,9-11,14,26H,3,8,12-13,15H2,1-2H3,(H,22,25)(H2,21,23,24). The minimum absolute atomic E-state index is 0.0781. The highest BCUT2D eigenvalue weighted by Crippen LogP contribution is 2.20. The molecule has 7 nitrogen and oxygen atoms in total. The number of nitrogens with zero attached hydrogens (tertiary/aromatic N) is 1. The van der Waals surface area contributed by atoms with Crippen molar-refractivity contribution in [3.63, 3.8) is 0 Å². The van der Waals surface area contributed by atoms with E-state index in [9.17, 15) is 9.90 Å². The van der Waals surface area contributed by atoms with E-state index in [-0.39, 0.29) is 12.5 Å². The number of benzene rings is 1. The van der Waals surface area contributed by atoms with Gasteiger partial charge in [-0.15, -0.1) is 0 Å². The van der Waals surface area contributed by atoms with Gasteiger partial charge in [0.05, 0.1) is 12.8 Å². The van der Waals surface area contributed by atoms with Crippen LogP contribution in [0.2, 0.25) is 0 Å². The number of guanidine groups is 1. The van der Waals surface area contributed by atoms with Crippen LogP contribution in [-0.2, 0) is 5.60 Å². The predicted octanol–water partition coefficient (Wildman–Crippen LogP) is 1.86. The number of furan rings is 1. The lowest BCUT2D eigenvalue weighted by Gasteiger charge is -2.19. The van der Waals surface area contributed by atoms with Gasteiger partial charge in [-0.05, 0) is 44.5 Å². The van der Waals surface area contributed by atoms with E-state index in [0.717, 1.165) is 6.42 Å². The molecule has 0 fully saturated rings. The molecule has 0 radical (unpaired) electrons. The van der Waals surface area contributed by atoms with Gasteiger partial charge in [0.15, 0.2) is 5.96 Å². The number of carbonyl (C=O) groups excluding carboxylic acids is 1. The van der Waals surface area contributed by atoms with Crippen LogP contribution in [0.3, 0.4) is 0 Å². The summed E-state index contributed by atoms with van der Waals surface area (Å²) < 4.78 is 5.26. The maximum Gasteiger partial charge on any atom is 0.251 e. The zero-order valence-electron chi connectivity index (χ0n) is 15.9. The average Bonchev–Trinajstić information content (AvgIpc) is 3.22. The normalized spacial score (nSPS) is 13.7. The number of aliphatic hydroxyl groups is 1. The van der Waals surface area contributed by atoms with Crippen molar-refractivity contribution in [2.75, 3.05) is 26.2 Å². The zero-order chi connectivity index (χ0) is 19.5. The van der Waals surface area contributed by atoms with Crippen molar-refractivity contribution >= 4 is 11.9 Å². The number of rotatable bonds is 9. The summed E-state index contributed by atoms with van der Waals surface area (Å²) in [6.07, 6.45) is 2.28. The van der Waals surface area contributed by atoms with Crippen LogP contribution in [0.1, 0.15) is 36.4 Å². The first-order valence-electron chi connectivity index (χ1n) is 9.14. The molecule has 1 unspecified atom stereocenters. The Balaban J connectivity index is 1.75. The van der Waals surface area contributed by atoms with Gasteiger partial charge in [-0.3, -0.25) is 4.79 Å². The van der Waals surface area contributed by atoms with Crippen LogP contribution in [0.15, 0.2) is 58.1 Å². The van der Waals surface area contributed by atoms with Gasteiger partial charge in [0, 0.05) is 25.2 Å². The van der Waals surface area contributed by atoms with Crippen LogP contribution < -0.4 is 16.0 Å². The van der Waals surface area contributed by atoms with Crippen LogP contribution in [0, 0.1) is 0 Å². The van der Waals surface area contributed by atoms with Gasteiger partial charge in [0.1, 0.15) is 11.4 Å². The minimum Gasteiger partial charge on any atom is -0.466 e. The van der Waals surface area contributed by atoms with E-state index in [2.05, 4.69) is 20.9 Å². The van der Waals surface area contributed by atoms with E-state index < -0.39 is 5.60 Å². The molecule has 7 heteroatoms. The van der Waals surface area contributed by atoms with Gasteiger partial charge in [-0.25, -0.2) is 4.99 Å². The van der Waals surface area contributed by atoms with Crippen molar-refractivity contribution in [1.82, 2.24) is 16.0 Å². The summed E-state index contributed by atoms with van der Waals surface area (Å²) in [4.78, 5) is 16.4. The van der Waals surface area contributed by atoms with Gasteiger partial charge in [0.25, 0.3) is 5.91 Å². The van der Waals surface area contributed by atoms with Crippen molar-refractivity contribution in [2.24, 2.45) is 4.99 Å². The molecule has 0 saturated heterocycles. The summed E-state index contributed by atoms with van der Waals surface area (Å²) in [5, 5.41) is 19.7. The minimum atomic E-state index is -1.17. The van der Waals surface area contributed by atoms with Crippen molar-refractivity contribution < 1.29 is 14.3 Å². The van der Waals surface area contributed by atoms with E-state index in [1.807, 2.05) is 25.1 Å². The smallest absolute Gasteiger partial charge is 0.251 e. The summed E-state index contributed by atoms with van der Waals surface area (Å²) in [7, 11) is 0. The molecule has 4 N–H and O–H groups in total. The lowest BCUT2D eigenvalue weighted by atomic mass is 10.0. The van der Waals surface area contributed by atoms with E-state index in [1.165, 1.54) is 6.26 Å². The Kier molecular flexibility index (Phi) is 7.88. The Morgan fingerprint density at radius 1 is 1.11 bits per heavy atom. The van der Waals surface area contributed by atoms with Crippen molar-refractivity contribution in [1.29, 1.82) is 0 Å². The van der Waals surface area contributed by atoms with Gasteiger partial charge in [-0.2, -0.15) is 0 Å². The highest BCUT2D eigenvalue weighted by atomic mass is 16.4. The third-order valence-corrected chi connectivity index (χ3v) is 3.91. The maximum atomic E-state index is 12.0. The van der Waals surface area contributed by atoms with E-state index in [4.69, 9.17) is 4.42 Å². The molecule has 1 aromatic carbocycles. The molecule has 1 atom stereocenters. The quantitative estimate of drug-likeness (QED) is 0.306. The van der Waals surface area contributed by atoms with Crippen molar-refractivity contribution in [2.45, 2.75) is 25.9 Å². The molecule has 0 bridgehead atoms. The lowest BCUT2D eigenvalue weighted by molar-refractivity contribution is 0.0437. The first-order valence-corrected chi connectivity index (χ1v) is 9.14. The maximum absolute atomic E-state index is 12.0. The SMILES string of the molecule is CCNC(=NCC(C)(O)c1ccco1)NCCCNC(=O)c1ccccc1. The molecule has 27 heavy (non-hydrogen) atoms. The molecular formula is C20H28N4O3. The van der Waals surface area contributed by atoms with Crippen LogP contribution in [0.5, 0.6) is 0 Å². The molecule has 0 spiro atoms. The molecule has 2 aromatic rings. The second-order valence-electron chi connectivity index (χ2n) is 6.35. The molecule has 0 aliphatic heterocycles. The van der Waals surface area contributed by atoms with Crippen LogP contribution in [0.25, 0.3) is 0 Å². The first kappa shape index (κ1) is 20.5. The summed E-state index contributed by atoms with van der Waals surface area (Å²) in [6, 6.07) is 12.6. The number of hydrogen-bond acceptors (Lipinski definition) is 4. The second kappa shape index (κ2) is 10.4. The fourth-order valence-corrected chi connectivity index (χ4v) is 2.43. The topological polar surface area (TPSA) is 98.9 Å². The van der Waals surface area contributed by atoms with E-state index >= 15 is 0 Å². The van der Waals surface area contributed by atoms with Gasteiger partial charge in [0.2, 0.25) is 0 Å². The summed E-state index contributed by atoms with van der Waals surface area (Å²) in [5.41, 5.74) is -0.518. The second-order valence-corrected chi connectivity index (χ2v) is 6.35. The third kappa shape index (κ3) is 6.79. The molecule has 0 saturated carbocycles. The van der Waals surface area contributed by atoms with Gasteiger partial charge in [-0.1, -0.05) is 18.2 Å². The Bertz CT molecular complexity index is 712. The van der Waals surface area contributed by atoms with Gasteiger partial charge >= 0.3 is 0 Å². The predicted molar refractivity (Wildman–Crippen MR) is 106 cm³/mol. The molecule has 0 aliphatic rings. The third-order valence-electron chi connectivity index (χ3n) is 3.91. The number of aliphatic imine (C=N–C) groups is 1. The Morgan fingerprint density at radius 3 is 2.52 bits per heavy atom. The lowest BCUT2D eigenvalue weighted by Crippen LogP contribution is -2.40. The van der Waals surface area contributed by atoms with Crippen LogP contribution in [0.4, 0.5) is 0 Å². The first-order chi connectivity index (χ1) is 13.0. The Labute approximate surface area is 159 Å². The van der Waals surface area contributed by atoms with E-state index in [0.29, 0.717) is 36.9 Å². The number of carbonyl (C=O) groups is 1. The van der Waals surface area contributed by atoms with E-state index in [1.54, 1.807) is 31.2 Å². The largest absolute Gasteiger partial charge is 0.466 e. The summed E-state index contributed by atoms with van der Waals surface area (Å²) in [6.45, 7) is 5.72. The zero-order valence-corrected chi connectivity index (χ0v) is 15.9. The highest BCUT2D eigenvalue weighted by Gasteiger charge is 2.26. The molecule has 0 aliphatic carbocycles. The molecule has 146 valence electrons. The van der Waals surface area contributed by atoms with Crippen molar-refractivity contribution in [3.05, 3.63) is 60.1 Å². The summed E-state index contributed by atoms with van der Waals surface area (Å²) >= 11 is 0. The van der Waals surface area contributed by atoms with Crippen molar-refractivity contribution in [3.8, 4) is 0 Å². The fourth-order valence-electron chi connectivity index (χ4n) is 2.43. The molecule has 1 aromatic heterocycles. The molecular weight excluding hydrogens is 344 g/mol. The molecule has 2 rings (SSSR count). The molecule has 1 amide bonds. The number of amides is 1. The Hall–Kier alpha value is -2.80. The monoisotopic (exact) mass is 372 g/mol. The fraction of sp³-hybridized carbons (Fsp3) is 0.400.